The molecule has 0 bridgehead atoms. The van der Waals surface area contributed by atoms with Crippen molar-refractivity contribution in [2.24, 2.45) is 0 Å². The number of carbonyl (C=O) groups excluding carboxylic acids is 1. The first-order chi connectivity index (χ1) is 10.5. The molecule has 0 radical (unpaired) electrons. The molecule has 6 nitrogen and oxygen atoms in total. The van der Waals surface area contributed by atoms with Crippen LogP contribution in [-0.2, 0) is 25.1 Å². The summed E-state index contributed by atoms with van der Waals surface area (Å²) < 4.78 is 16.9. The average Bonchev–Trinajstić information content (AvgIpc) is 2.55. The molecule has 1 aromatic carbocycles. The van der Waals surface area contributed by atoms with Crippen molar-refractivity contribution in [1.82, 2.24) is 5.32 Å². The summed E-state index contributed by atoms with van der Waals surface area (Å²) in [5, 5.41) is 12.0. The van der Waals surface area contributed by atoms with Crippen molar-refractivity contribution in [1.29, 1.82) is 0 Å². The number of carboxylic acid groups (broad SMARTS) is 1. The van der Waals surface area contributed by atoms with Crippen LogP contribution in [0.1, 0.15) is 6.42 Å². The molecule has 116 valence electrons. The summed E-state index contributed by atoms with van der Waals surface area (Å²) in [6.07, 6.45) is 1.34. The summed E-state index contributed by atoms with van der Waals surface area (Å²) in [4.78, 5) is 23.5. The van der Waals surface area contributed by atoms with Crippen LogP contribution in [0.3, 0.4) is 0 Å². The number of nitrogens with one attached hydrogen (secondary N) is 1. The van der Waals surface area contributed by atoms with Crippen LogP contribution in [0.15, 0.2) is 58.3 Å². The highest BCUT2D eigenvalue weighted by Gasteiger charge is 2.25. The van der Waals surface area contributed by atoms with Crippen LogP contribution in [0.2, 0.25) is 0 Å². The fourth-order valence-electron chi connectivity index (χ4n) is 1.99. The van der Waals surface area contributed by atoms with Gasteiger partial charge >= 0.3 is 11.9 Å². The number of benzene rings is 1. The fourth-order valence-corrected chi connectivity index (χ4v) is 3.14. The van der Waals surface area contributed by atoms with Crippen molar-refractivity contribution < 1.29 is 23.6 Å². The molecule has 7 heteroatoms. The van der Waals surface area contributed by atoms with E-state index in [4.69, 9.17) is 0 Å². The van der Waals surface area contributed by atoms with E-state index in [0.29, 0.717) is 10.6 Å². The number of carboxylic acids is 1. The van der Waals surface area contributed by atoms with Crippen LogP contribution in [-0.4, -0.2) is 34.1 Å². The van der Waals surface area contributed by atoms with Gasteiger partial charge < -0.3 is 15.2 Å². The molecule has 1 heterocycles. The second-order valence-corrected chi connectivity index (χ2v) is 6.00. The first-order valence-corrected chi connectivity index (χ1v) is 7.77. The Kier molecular flexibility index (Phi) is 5.11. The number of hydrogen-bond donors (Lipinski definition) is 2. The lowest BCUT2D eigenvalue weighted by Crippen LogP contribution is -2.26. The molecule has 1 aromatic rings. The highest BCUT2D eigenvalue weighted by Crippen LogP contribution is 2.21. The van der Waals surface area contributed by atoms with E-state index in [1.165, 1.54) is 13.3 Å². The van der Waals surface area contributed by atoms with Gasteiger partial charge in [0.15, 0.2) is 0 Å². The van der Waals surface area contributed by atoms with Gasteiger partial charge in [-0.1, -0.05) is 18.2 Å². The van der Waals surface area contributed by atoms with Gasteiger partial charge in [0, 0.05) is 23.2 Å². The van der Waals surface area contributed by atoms with Crippen molar-refractivity contribution in [3.8, 4) is 0 Å². The number of carbonyl (C=O) groups is 2. The molecule has 0 saturated heterocycles. The van der Waals surface area contributed by atoms with E-state index in [1.54, 1.807) is 24.3 Å². The molecule has 0 aromatic heterocycles. The molecule has 1 aliphatic heterocycles. The lowest BCUT2D eigenvalue weighted by atomic mass is 10.0. The van der Waals surface area contributed by atoms with Gasteiger partial charge in [0.05, 0.1) is 34.8 Å². The summed E-state index contributed by atoms with van der Waals surface area (Å²) in [5.41, 5.74) is 0.573. The monoisotopic (exact) mass is 321 g/mol. The van der Waals surface area contributed by atoms with Gasteiger partial charge in [-0.3, -0.25) is 4.21 Å². The van der Waals surface area contributed by atoms with Crippen LogP contribution < -0.4 is 5.32 Å². The maximum absolute atomic E-state index is 12.3. The zero-order valence-corrected chi connectivity index (χ0v) is 12.7. The molecule has 0 spiro atoms. The van der Waals surface area contributed by atoms with Gasteiger partial charge in [0.1, 0.15) is 0 Å². The van der Waals surface area contributed by atoms with Crippen molar-refractivity contribution >= 4 is 22.7 Å². The Bertz CT molecular complexity index is 678. The second-order valence-electron chi connectivity index (χ2n) is 4.55. The van der Waals surface area contributed by atoms with Crippen LogP contribution in [0, 0.1) is 0 Å². The molecule has 1 unspecified atom stereocenters. The number of dihydropyridines is 1. The van der Waals surface area contributed by atoms with E-state index in [2.05, 4.69) is 10.1 Å². The van der Waals surface area contributed by atoms with Crippen molar-refractivity contribution in [2.45, 2.75) is 11.3 Å². The molecule has 0 fully saturated rings. The van der Waals surface area contributed by atoms with Crippen LogP contribution in [0.25, 0.3) is 0 Å². The number of hydrogen-bond acceptors (Lipinski definition) is 5. The van der Waals surface area contributed by atoms with Gasteiger partial charge in [-0.15, -0.1) is 0 Å². The molecule has 2 N–H and O–H groups in total. The lowest BCUT2D eigenvalue weighted by molar-refractivity contribution is -0.136. The Balaban J connectivity index is 2.20. The van der Waals surface area contributed by atoms with E-state index < -0.39 is 22.7 Å². The van der Waals surface area contributed by atoms with Crippen molar-refractivity contribution in [2.75, 3.05) is 12.9 Å². The maximum Gasteiger partial charge on any atom is 0.335 e. The molecule has 0 saturated carbocycles. The Hall–Kier alpha value is -2.41. The topological polar surface area (TPSA) is 92.7 Å². The SMILES string of the molecule is COC(=O)C1=CNC(CS(=O)c2ccccc2)=C(C(=O)O)C1. The summed E-state index contributed by atoms with van der Waals surface area (Å²) in [6, 6.07) is 8.78. The summed E-state index contributed by atoms with van der Waals surface area (Å²) in [6.45, 7) is 0. The number of esters is 1. The van der Waals surface area contributed by atoms with E-state index in [1.807, 2.05) is 6.07 Å². The van der Waals surface area contributed by atoms with Crippen LogP contribution in [0.4, 0.5) is 0 Å². The second kappa shape index (κ2) is 7.04. The predicted molar refractivity (Wildman–Crippen MR) is 80.2 cm³/mol. The molecule has 0 aliphatic carbocycles. The number of methoxy groups -OCH3 is 1. The molecule has 1 atom stereocenters. The first-order valence-electron chi connectivity index (χ1n) is 6.45. The Morgan fingerprint density at radius 3 is 2.59 bits per heavy atom. The molecule has 1 aliphatic rings. The van der Waals surface area contributed by atoms with E-state index in [9.17, 15) is 18.9 Å². The molecule has 22 heavy (non-hydrogen) atoms. The number of rotatable bonds is 5. The summed E-state index contributed by atoms with van der Waals surface area (Å²) in [5.74, 6) is -1.70. The molecule has 2 rings (SSSR count). The zero-order valence-electron chi connectivity index (χ0n) is 11.9. The highest BCUT2D eigenvalue weighted by atomic mass is 32.2. The predicted octanol–water partition coefficient (Wildman–Crippen LogP) is 1.18. The average molecular weight is 321 g/mol. The zero-order chi connectivity index (χ0) is 16.1. The number of ether oxygens (including phenoxy) is 1. The summed E-state index contributed by atoms with van der Waals surface area (Å²) >= 11 is 0. The largest absolute Gasteiger partial charge is 0.478 e. The third-order valence-electron chi connectivity index (χ3n) is 3.14. The highest BCUT2D eigenvalue weighted by molar-refractivity contribution is 7.85. The van der Waals surface area contributed by atoms with Gasteiger partial charge in [0.2, 0.25) is 0 Å². The quantitative estimate of drug-likeness (QED) is 0.791. The van der Waals surface area contributed by atoms with Crippen molar-refractivity contribution in [3.05, 3.63) is 53.4 Å². The Morgan fingerprint density at radius 2 is 2.00 bits per heavy atom. The normalized spacial score (nSPS) is 15.6. The molecular weight excluding hydrogens is 306 g/mol. The maximum atomic E-state index is 12.3. The minimum atomic E-state index is -1.37. The Labute approximate surface area is 129 Å². The lowest BCUT2D eigenvalue weighted by Gasteiger charge is -2.18. The molecular formula is C15H15NO5S. The fraction of sp³-hybridized carbons (Fsp3) is 0.200. The minimum Gasteiger partial charge on any atom is -0.478 e. The third kappa shape index (κ3) is 3.62. The van der Waals surface area contributed by atoms with Crippen LogP contribution in [0.5, 0.6) is 0 Å². The Morgan fingerprint density at radius 1 is 1.32 bits per heavy atom. The van der Waals surface area contributed by atoms with Gasteiger partial charge in [0.25, 0.3) is 0 Å². The first kappa shape index (κ1) is 16.0. The van der Waals surface area contributed by atoms with Gasteiger partial charge in [-0.05, 0) is 12.1 Å². The number of aliphatic carboxylic acids is 1. The minimum absolute atomic E-state index is 0.0205. The van der Waals surface area contributed by atoms with E-state index >= 15 is 0 Å². The van der Waals surface area contributed by atoms with Crippen LogP contribution >= 0.6 is 0 Å². The standard InChI is InChI=1S/C15H15NO5S/c1-21-15(19)10-7-12(14(17)18)13(16-8-10)9-22(20)11-5-3-2-4-6-11/h2-6,8,16H,7,9H2,1H3,(H,17,18). The smallest absolute Gasteiger partial charge is 0.335 e. The summed E-state index contributed by atoms with van der Waals surface area (Å²) in [7, 11) is -0.142. The van der Waals surface area contributed by atoms with Gasteiger partial charge in [-0.25, -0.2) is 9.59 Å². The molecule has 0 amide bonds. The van der Waals surface area contributed by atoms with Crippen molar-refractivity contribution in [3.63, 3.8) is 0 Å². The van der Waals surface area contributed by atoms with E-state index in [0.717, 1.165) is 0 Å². The van der Waals surface area contributed by atoms with E-state index in [-0.39, 0.29) is 23.3 Å². The van der Waals surface area contributed by atoms with Gasteiger partial charge in [-0.2, -0.15) is 0 Å². The third-order valence-corrected chi connectivity index (χ3v) is 4.49.